The molecule has 0 amide bonds. The van der Waals surface area contributed by atoms with Gasteiger partial charge in [-0.15, -0.1) is 0 Å². The van der Waals surface area contributed by atoms with Gasteiger partial charge in [0.25, 0.3) is 0 Å². The van der Waals surface area contributed by atoms with Crippen LogP contribution in [0.15, 0.2) is 0 Å². The quantitative estimate of drug-likeness (QED) is 0.650. The van der Waals surface area contributed by atoms with Crippen LogP contribution in [0.1, 0.15) is 27.2 Å². The summed E-state index contributed by atoms with van der Waals surface area (Å²) in [4.78, 5) is 4.78. The Balaban J connectivity index is 3.89. The first-order valence-corrected chi connectivity index (χ1v) is 6.58. The fraction of sp³-hybridized carbons (Fsp3) is 1.00. The molecule has 3 nitrogen and oxygen atoms in total. The third-order valence-corrected chi connectivity index (χ3v) is 3.27. The first kappa shape index (κ1) is 15.9. The number of hydrogen-bond acceptors (Lipinski definition) is 3. The van der Waals surface area contributed by atoms with E-state index in [9.17, 15) is 0 Å². The summed E-state index contributed by atoms with van der Waals surface area (Å²) in [6, 6.07) is 0. The predicted octanol–water partition coefficient (Wildman–Crippen LogP) is 1.49. The molecule has 0 aromatic rings. The van der Waals surface area contributed by atoms with Crippen LogP contribution in [0.3, 0.4) is 0 Å². The fourth-order valence-electron chi connectivity index (χ4n) is 1.88. The van der Waals surface area contributed by atoms with Crippen molar-refractivity contribution in [1.82, 2.24) is 9.80 Å². The average molecular weight is 229 g/mol. The summed E-state index contributed by atoms with van der Waals surface area (Å²) < 4.78 is 0. The monoisotopic (exact) mass is 229 g/mol. The van der Waals surface area contributed by atoms with E-state index in [4.69, 9.17) is 5.73 Å². The standard InChI is InChI=1S/C13H31N3/c1-6-16(9-7-8-15(4)5)11-13(10-14)12(2)3/h12-13H,6-11,14H2,1-5H3. The molecule has 2 N–H and O–H groups in total. The van der Waals surface area contributed by atoms with Gasteiger partial charge in [-0.2, -0.15) is 0 Å². The van der Waals surface area contributed by atoms with Crippen molar-refractivity contribution < 1.29 is 0 Å². The molecule has 0 saturated carbocycles. The van der Waals surface area contributed by atoms with Crippen molar-refractivity contribution in [2.24, 2.45) is 17.6 Å². The summed E-state index contributed by atoms with van der Waals surface area (Å²) in [5.41, 5.74) is 5.82. The normalized spacial score (nSPS) is 14.1. The highest BCUT2D eigenvalue weighted by atomic mass is 15.1. The van der Waals surface area contributed by atoms with Gasteiger partial charge in [0.2, 0.25) is 0 Å². The molecule has 0 spiro atoms. The zero-order valence-electron chi connectivity index (χ0n) is 11.9. The molecule has 0 bridgehead atoms. The first-order valence-electron chi connectivity index (χ1n) is 6.58. The molecule has 1 unspecified atom stereocenters. The maximum atomic E-state index is 5.82. The highest BCUT2D eigenvalue weighted by Crippen LogP contribution is 2.11. The molecule has 0 radical (unpaired) electrons. The average Bonchev–Trinajstić information content (AvgIpc) is 2.22. The van der Waals surface area contributed by atoms with Gasteiger partial charge < -0.3 is 15.5 Å². The minimum atomic E-state index is 0.638. The molecule has 0 aliphatic heterocycles. The molecule has 3 heteroatoms. The van der Waals surface area contributed by atoms with Crippen LogP contribution >= 0.6 is 0 Å². The molecule has 0 aromatic carbocycles. The molecule has 0 aliphatic carbocycles. The fourth-order valence-corrected chi connectivity index (χ4v) is 1.88. The Morgan fingerprint density at radius 3 is 2.12 bits per heavy atom. The Labute approximate surface area is 102 Å². The second-order valence-corrected chi connectivity index (χ2v) is 5.29. The number of nitrogens with zero attached hydrogens (tertiary/aromatic N) is 2. The van der Waals surface area contributed by atoms with Crippen molar-refractivity contribution in [1.29, 1.82) is 0 Å². The Morgan fingerprint density at radius 1 is 1.12 bits per heavy atom. The summed E-state index contributed by atoms with van der Waals surface area (Å²) in [7, 11) is 4.26. The molecule has 0 aromatic heterocycles. The topological polar surface area (TPSA) is 32.5 Å². The van der Waals surface area contributed by atoms with Crippen LogP contribution in [-0.4, -0.2) is 56.6 Å². The zero-order valence-corrected chi connectivity index (χ0v) is 11.9. The molecule has 16 heavy (non-hydrogen) atoms. The van der Waals surface area contributed by atoms with E-state index in [0.717, 1.165) is 19.6 Å². The van der Waals surface area contributed by atoms with E-state index in [-0.39, 0.29) is 0 Å². The lowest BCUT2D eigenvalue weighted by atomic mass is 9.95. The number of nitrogens with two attached hydrogens (primary N) is 1. The van der Waals surface area contributed by atoms with Crippen molar-refractivity contribution >= 4 is 0 Å². The lowest BCUT2D eigenvalue weighted by Crippen LogP contribution is -2.36. The molecule has 0 heterocycles. The second kappa shape index (κ2) is 8.97. The molecular formula is C13H31N3. The Morgan fingerprint density at radius 2 is 1.75 bits per heavy atom. The van der Waals surface area contributed by atoms with Crippen LogP contribution in [0.5, 0.6) is 0 Å². The van der Waals surface area contributed by atoms with E-state index < -0.39 is 0 Å². The third-order valence-electron chi connectivity index (χ3n) is 3.27. The van der Waals surface area contributed by atoms with Crippen molar-refractivity contribution in [3.05, 3.63) is 0 Å². The smallest absolute Gasteiger partial charge is 0.00241 e. The third kappa shape index (κ3) is 7.20. The minimum absolute atomic E-state index is 0.638. The second-order valence-electron chi connectivity index (χ2n) is 5.29. The lowest BCUT2D eigenvalue weighted by Gasteiger charge is -2.28. The van der Waals surface area contributed by atoms with Gasteiger partial charge in [0, 0.05) is 6.54 Å². The van der Waals surface area contributed by atoms with Crippen LogP contribution in [0.2, 0.25) is 0 Å². The number of rotatable bonds is 9. The van der Waals surface area contributed by atoms with Crippen molar-refractivity contribution in [2.75, 3.05) is 46.8 Å². The summed E-state index contributed by atoms with van der Waals surface area (Å²) >= 11 is 0. The van der Waals surface area contributed by atoms with Gasteiger partial charge in [0.05, 0.1) is 0 Å². The summed E-state index contributed by atoms with van der Waals surface area (Å²) in [6.45, 7) is 12.2. The van der Waals surface area contributed by atoms with Gasteiger partial charge in [-0.3, -0.25) is 0 Å². The lowest BCUT2D eigenvalue weighted by molar-refractivity contribution is 0.204. The maximum Gasteiger partial charge on any atom is 0.00241 e. The van der Waals surface area contributed by atoms with Crippen LogP contribution in [0, 0.1) is 11.8 Å². The van der Waals surface area contributed by atoms with Gasteiger partial charge in [-0.05, 0) is 58.5 Å². The summed E-state index contributed by atoms with van der Waals surface area (Å²) in [5, 5.41) is 0. The zero-order chi connectivity index (χ0) is 12.6. The van der Waals surface area contributed by atoms with Crippen molar-refractivity contribution in [2.45, 2.75) is 27.2 Å². The highest BCUT2D eigenvalue weighted by Gasteiger charge is 2.14. The maximum absolute atomic E-state index is 5.82. The summed E-state index contributed by atoms with van der Waals surface area (Å²) in [5.74, 6) is 1.33. The molecule has 0 rings (SSSR count). The van der Waals surface area contributed by atoms with Crippen molar-refractivity contribution in [3.8, 4) is 0 Å². The Kier molecular flexibility index (Phi) is 8.90. The first-order chi connectivity index (χ1) is 7.51. The Bertz CT molecular complexity index is 157. The van der Waals surface area contributed by atoms with E-state index in [1.54, 1.807) is 0 Å². The van der Waals surface area contributed by atoms with Gasteiger partial charge in [0.15, 0.2) is 0 Å². The van der Waals surface area contributed by atoms with Crippen LogP contribution in [0.4, 0.5) is 0 Å². The molecule has 1 atom stereocenters. The van der Waals surface area contributed by atoms with Crippen molar-refractivity contribution in [3.63, 3.8) is 0 Å². The van der Waals surface area contributed by atoms with Gasteiger partial charge >= 0.3 is 0 Å². The van der Waals surface area contributed by atoms with E-state index in [1.165, 1.54) is 19.5 Å². The highest BCUT2D eigenvalue weighted by molar-refractivity contribution is 4.69. The van der Waals surface area contributed by atoms with E-state index in [2.05, 4.69) is 44.7 Å². The Hall–Kier alpha value is -0.120. The molecule has 98 valence electrons. The van der Waals surface area contributed by atoms with Gasteiger partial charge in [-0.25, -0.2) is 0 Å². The molecule has 0 aliphatic rings. The predicted molar refractivity (Wildman–Crippen MR) is 72.7 cm³/mol. The van der Waals surface area contributed by atoms with Gasteiger partial charge in [0.1, 0.15) is 0 Å². The minimum Gasteiger partial charge on any atom is -0.330 e. The van der Waals surface area contributed by atoms with Gasteiger partial charge in [-0.1, -0.05) is 20.8 Å². The SMILES string of the molecule is CCN(CCCN(C)C)CC(CN)C(C)C. The molecular weight excluding hydrogens is 198 g/mol. The van der Waals surface area contributed by atoms with E-state index in [1.807, 2.05) is 0 Å². The van der Waals surface area contributed by atoms with Crippen LogP contribution in [0.25, 0.3) is 0 Å². The van der Waals surface area contributed by atoms with E-state index in [0.29, 0.717) is 11.8 Å². The molecule has 0 saturated heterocycles. The largest absolute Gasteiger partial charge is 0.330 e. The van der Waals surface area contributed by atoms with E-state index >= 15 is 0 Å². The summed E-state index contributed by atoms with van der Waals surface area (Å²) in [6.07, 6.45) is 1.25. The van der Waals surface area contributed by atoms with Crippen LogP contribution < -0.4 is 5.73 Å². The van der Waals surface area contributed by atoms with Crippen LogP contribution in [-0.2, 0) is 0 Å². The molecule has 0 fully saturated rings. The number of hydrogen-bond donors (Lipinski definition) is 1.